The number of thiazole rings is 1. The Kier molecular flexibility index (Phi) is 6.54. The molecule has 0 spiro atoms. The number of anilines is 1. The number of amides is 1. The molecular weight excluding hydrogens is 435 g/mol. The van der Waals surface area contributed by atoms with Gasteiger partial charge in [-0.2, -0.15) is 13.2 Å². The normalized spacial score (nSPS) is 11.2. The number of hydrogen-bond donors (Lipinski definition) is 1. The first kappa shape index (κ1) is 22.2. The maximum Gasteiger partial charge on any atom is 0.420 e. The van der Waals surface area contributed by atoms with Crippen LogP contribution in [0.1, 0.15) is 21.8 Å². The second kappa shape index (κ2) is 9.13. The number of carbonyl (C=O) groups is 1. The van der Waals surface area contributed by atoms with Crippen LogP contribution in [0.5, 0.6) is 5.75 Å². The lowest BCUT2D eigenvalue weighted by atomic mass is 10.1. The van der Waals surface area contributed by atoms with Crippen molar-refractivity contribution in [1.29, 1.82) is 0 Å². The highest BCUT2D eigenvalue weighted by Gasteiger charge is 2.36. The lowest BCUT2D eigenvalue weighted by molar-refractivity contribution is -0.385. The van der Waals surface area contributed by atoms with Crippen molar-refractivity contribution in [2.75, 3.05) is 5.32 Å². The molecule has 0 aliphatic rings. The Morgan fingerprint density at radius 3 is 2.58 bits per heavy atom. The van der Waals surface area contributed by atoms with Crippen molar-refractivity contribution in [3.05, 3.63) is 79.8 Å². The molecule has 0 saturated carbocycles. The van der Waals surface area contributed by atoms with Crippen LogP contribution in [0.25, 0.3) is 0 Å². The molecule has 1 N–H and O–H groups in total. The van der Waals surface area contributed by atoms with Crippen LogP contribution in [-0.4, -0.2) is 15.8 Å². The molecule has 0 aliphatic carbocycles. The van der Waals surface area contributed by atoms with E-state index in [2.05, 4.69) is 10.3 Å². The number of aryl methyl sites for hydroxylation is 1. The molecule has 0 atom stereocenters. The zero-order valence-corrected chi connectivity index (χ0v) is 16.9. The van der Waals surface area contributed by atoms with Crippen molar-refractivity contribution in [1.82, 2.24) is 4.98 Å². The number of nitrogens with zero attached hydrogens (tertiary/aromatic N) is 2. The van der Waals surface area contributed by atoms with Gasteiger partial charge >= 0.3 is 6.18 Å². The maximum atomic E-state index is 13.2. The van der Waals surface area contributed by atoms with Gasteiger partial charge in [-0.1, -0.05) is 17.7 Å². The van der Waals surface area contributed by atoms with E-state index < -0.39 is 28.1 Å². The van der Waals surface area contributed by atoms with Crippen molar-refractivity contribution in [2.45, 2.75) is 26.1 Å². The topological polar surface area (TPSA) is 94.4 Å². The smallest absolute Gasteiger partial charge is 0.420 e. The second-order valence-corrected chi connectivity index (χ2v) is 7.49. The highest BCUT2D eigenvalue weighted by atomic mass is 32.1. The molecule has 11 heteroatoms. The highest BCUT2D eigenvalue weighted by molar-refractivity contribution is 7.09. The van der Waals surface area contributed by atoms with E-state index >= 15 is 0 Å². The van der Waals surface area contributed by atoms with Crippen LogP contribution in [0.2, 0.25) is 0 Å². The Morgan fingerprint density at radius 1 is 1.23 bits per heavy atom. The Morgan fingerprint density at radius 2 is 1.94 bits per heavy atom. The van der Waals surface area contributed by atoms with Gasteiger partial charge in [0.2, 0.25) is 5.91 Å². The van der Waals surface area contributed by atoms with Gasteiger partial charge < -0.3 is 10.1 Å². The third-order valence-corrected chi connectivity index (χ3v) is 5.00. The fourth-order valence-electron chi connectivity index (χ4n) is 2.61. The minimum Gasteiger partial charge on any atom is -0.487 e. The highest BCUT2D eigenvalue weighted by Crippen LogP contribution is 2.38. The predicted octanol–water partition coefficient (Wildman–Crippen LogP) is 5.14. The third-order valence-electron chi connectivity index (χ3n) is 4.10. The Bertz CT molecular complexity index is 1100. The molecule has 0 saturated heterocycles. The maximum absolute atomic E-state index is 13.2. The number of non-ortho nitro benzene ring substituents is 1. The van der Waals surface area contributed by atoms with E-state index in [1.165, 1.54) is 11.3 Å². The van der Waals surface area contributed by atoms with Crippen molar-refractivity contribution < 1.29 is 27.6 Å². The molecule has 0 fully saturated rings. The summed E-state index contributed by atoms with van der Waals surface area (Å²) in [7, 11) is 0. The van der Waals surface area contributed by atoms with Crippen LogP contribution in [0, 0.1) is 17.0 Å². The molecule has 0 radical (unpaired) electrons. The van der Waals surface area contributed by atoms with Gasteiger partial charge in [0.1, 0.15) is 22.9 Å². The summed E-state index contributed by atoms with van der Waals surface area (Å²) in [4.78, 5) is 26.2. The van der Waals surface area contributed by atoms with Gasteiger partial charge in [0.25, 0.3) is 5.69 Å². The molecule has 162 valence electrons. The number of benzene rings is 2. The van der Waals surface area contributed by atoms with Crippen LogP contribution in [0.3, 0.4) is 0 Å². The first-order valence-corrected chi connectivity index (χ1v) is 9.78. The van der Waals surface area contributed by atoms with E-state index in [4.69, 9.17) is 4.74 Å². The van der Waals surface area contributed by atoms with E-state index in [1.54, 1.807) is 17.5 Å². The molecule has 7 nitrogen and oxygen atoms in total. The van der Waals surface area contributed by atoms with Gasteiger partial charge in [-0.05, 0) is 25.1 Å². The van der Waals surface area contributed by atoms with Crippen LogP contribution >= 0.6 is 11.3 Å². The Hall–Kier alpha value is -3.47. The molecule has 0 bridgehead atoms. The van der Waals surface area contributed by atoms with Crippen LogP contribution < -0.4 is 10.1 Å². The average molecular weight is 451 g/mol. The SMILES string of the molecule is Cc1ccc(NC(=O)Cc2nc(COc3ccc([N+](=O)[O-])cc3C(F)(F)F)cs2)cc1. The number of rotatable bonds is 7. The van der Waals surface area contributed by atoms with E-state index in [9.17, 15) is 28.1 Å². The number of nitro benzene ring substituents is 1. The molecule has 1 aromatic heterocycles. The van der Waals surface area contributed by atoms with Crippen molar-refractivity contribution >= 4 is 28.6 Å². The number of hydrogen-bond acceptors (Lipinski definition) is 6. The molecule has 1 amide bonds. The van der Waals surface area contributed by atoms with Gasteiger partial charge in [0.15, 0.2) is 0 Å². The molecule has 1 heterocycles. The molecule has 3 rings (SSSR count). The number of nitro groups is 1. The summed E-state index contributed by atoms with van der Waals surface area (Å²) >= 11 is 1.18. The number of nitrogens with one attached hydrogen (secondary N) is 1. The quantitative estimate of drug-likeness (QED) is 0.397. The number of carbonyl (C=O) groups excluding carboxylic acids is 1. The minimum atomic E-state index is -4.82. The van der Waals surface area contributed by atoms with E-state index in [1.807, 2.05) is 19.1 Å². The fourth-order valence-corrected chi connectivity index (χ4v) is 3.38. The summed E-state index contributed by atoms with van der Waals surface area (Å²) < 4.78 is 44.8. The van der Waals surface area contributed by atoms with Gasteiger partial charge in [-0.15, -0.1) is 11.3 Å². The number of aromatic nitrogens is 1. The summed E-state index contributed by atoms with van der Waals surface area (Å²) in [6.07, 6.45) is -4.81. The van der Waals surface area contributed by atoms with Gasteiger partial charge in [0.05, 0.1) is 17.0 Å². The molecule has 3 aromatic rings. The summed E-state index contributed by atoms with van der Waals surface area (Å²) in [6.45, 7) is 1.65. The minimum absolute atomic E-state index is 0.00385. The first-order valence-electron chi connectivity index (χ1n) is 8.90. The lowest BCUT2D eigenvalue weighted by Crippen LogP contribution is -2.14. The summed E-state index contributed by atoms with van der Waals surface area (Å²) in [5.74, 6) is -0.815. The summed E-state index contributed by atoms with van der Waals surface area (Å²) in [5, 5.41) is 15.5. The van der Waals surface area contributed by atoms with Crippen LogP contribution in [-0.2, 0) is 24.0 Å². The van der Waals surface area contributed by atoms with Crippen LogP contribution in [0.4, 0.5) is 24.5 Å². The lowest BCUT2D eigenvalue weighted by Gasteiger charge is -2.13. The standard InChI is InChI=1S/C20H16F3N3O4S/c1-12-2-4-13(5-3-12)24-18(27)9-19-25-14(11-31-19)10-30-17-7-6-15(26(28)29)8-16(17)20(21,22)23/h2-8,11H,9-10H2,1H3,(H,24,27). The predicted molar refractivity (Wildman–Crippen MR) is 108 cm³/mol. The Labute approximate surface area is 178 Å². The molecule has 31 heavy (non-hydrogen) atoms. The number of alkyl halides is 3. The number of halogens is 3. The molecular formula is C20H16F3N3O4S. The fraction of sp³-hybridized carbons (Fsp3) is 0.200. The van der Waals surface area contributed by atoms with E-state index in [-0.39, 0.29) is 18.9 Å². The van der Waals surface area contributed by atoms with E-state index in [0.717, 1.165) is 17.7 Å². The van der Waals surface area contributed by atoms with Crippen molar-refractivity contribution in [3.63, 3.8) is 0 Å². The first-order chi connectivity index (χ1) is 14.6. The number of ether oxygens (including phenoxy) is 1. The largest absolute Gasteiger partial charge is 0.487 e. The monoisotopic (exact) mass is 451 g/mol. The summed E-state index contributed by atoms with van der Waals surface area (Å²) in [5.41, 5.74) is 0.122. The van der Waals surface area contributed by atoms with Gasteiger partial charge in [-0.3, -0.25) is 14.9 Å². The molecule has 2 aromatic carbocycles. The molecule has 0 unspecified atom stereocenters. The van der Waals surface area contributed by atoms with Gasteiger partial charge in [-0.25, -0.2) is 4.98 Å². The Balaban J connectivity index is 1.63. The second-order valence-electron chi connectivity index (χ2n) is 6.55. The third kappa shape index (κ3) is 6.01. The van der Waals surface area contributed by atoms with Crippen molar-refractivity contribution in [2.24, 2.45) is 0 Å². The zero-order chi connectivity index (χ0) is 22.6. The average Bonchev–Trinajstić information content (AvgIpc) is 3.14. The van der Waals surface area contributed by atoms with E-state index in [0.29, 0.717) is 22.5 Å². The summed E-state index contributed by atoms with van der Waals surface area (Å²) in [6, 6.07) is 9.55. The van der Waals surface area contributed by atoms with Crippen LogP contribution in [0.15, 0.2) is 47.8 Å². The zero-order valence-electron chi connectivity index (χ0n) is 16.1. The van der Waals surface area contributed by atoms with Crippen molar-refractivity contribution in [3.8, 4) is 5.75 Å². The molecule has 0 aliphatic heterocycles. The van der Waals surface area contributed by atoms with Gasteiger partial charge in [0, 0.05) is 23.2 Å².